The fraction of sp³-hybridized carbons (Fsp3) is 1.00. The van der Waals surface area contributed by atoms with E-state index in [9.17, 15) is 0 Å². The molecule has 1 heterocycles. The van der Waals surface area contributed by atoms with Crippen molar-refractivity contribution in [1.29, 1.82) is 0 Å². The fourth-order valence-corrected chi connectivity index (χ4v) is 4.40. The van der Waals surface area contributed by atoms with Crippen LogP contribution in [0.15, 0.2) is 0 Å². The summed E-state index contributed by atoms with van der Waals surface area (Å²) in [7, 11) is 0. The minimum absolute atomic E-state index is 0.552. The van der Waals surface area contributed by atoms with E-state index in [0.717, 1.165) is 17.8 Å². The van der Waals surface area contributed by atoms with Crippen LogP contribution in [0.1, 0.15) is 59.8 Å². The highest BCUT2D eigenvalue weighted by atomic mass is 15.2. The third-order valence-electron chi connectivity index (χ3n) is 5.31. The fourth-order valence-electron chi connectivity index (χ4n) is 4.40. The van der Waals surface area contributed by atoms with Gasteiger partial charge in [0.1, 0.15) is 0 Å². The van der Waals surface area contributed by atoms with Crippen LogP contribution in [0.3, 0.4) is 0 Å². The van der Waals surface area contributed by atoms with Crippen LogP contribution >= 0.6 is 0 Å². The van der Waals surface area contributed by atoms with Gasteiger partial charge in [0.15, 0.2) is 0 Å². The van der Waals surface area contributed by atoms with Crippen molar-refractivity contribution in [2.45, 2.75) is 59.8 Å². The molecule has 1 N–H and O–H groups in total. The van der Waals surface area contributed by atoms with Gasteiger partial charge in [-0.05, 0) is 55.5 Å². The molecule has 2 fully saturated rings. The first-order valence-electron chi connectivity index (χ1n) is 8.92. The lowest BCUT2D eigenvalue weighted by Gasteiger charge is -2.43. The third-order valence-corrected chi connectivity index (χ3v) is 5.31. The zero-order valence-corrected chi connectivity index (χ0v) is 14.3. The topological polar surface area (TPSA) is 15.3 Å². The van der Waals surface area contributed by atoms with Gasteiger partial charge in [-0.3, -0.25) is 0 Å². The summed E-state index contributed by atoms with van der Waals surface area (Å²) in [5.74, 6) is 2.60. The van der Waals surface area contributed by atoms with Gasteiger partial charge in [0, 0.05) is 19.6 Å². The van der Waals surface area contributed by atoms with Crippen molar-refractivity contribution in [2.24, 2.45) is 23.2 Å². The highest BCUT2D eigenvalue weighted by Crippen LogP contribution is 2.40. The number of nitrogens with one attached hydrogen (secondary N) is 1. The summed E-state index contributed by atoms with van der Waals surface area (Å²) in [6, 6.07) is 0. The maximum absolute atomic E-state index is 3.77. The molecule has 2 rings (SSSR count). The lowest BCUT2D eigenvalue weighted by Crippen LogP contribution is -2.46. The molecule has 1 saturated heterocycles. The normalized spacial score (nSPS) is 35.9. The first kappa shape index (κ1) is 16.3. The number of nitrogens with zero attached hydrogens (tertiary/aromatic N) is 1. The van der Waals surface area contributed by atoms with Crippen LogP contribution in [0.5, 0.6) is 0 Å². The number of hydrogen-bond acceptors (Lipinski definition) is 2. The van der Waals surface area contributed by atoms with Crippen molar-refractivity contribution < 1.29 is 0 Å². The number of rotatable bonds is 6. The average Bonchev–Trinajstić information content (AvgIpc) is 2.73. The molecule has 0 amide bonds. The molecule has 2 heteroatoms. The first-order chi connectivity index (χ1) is 9.49. The van der Waals surface area contributed by atoms with Crippen LogP contribution in [0.2, 0.25) is 0 Å². The highest BCUT2D eigenvalue weighted by Gasteiger charge is 2.37. The Kier molecular flexibility index (Phi) is 5.92. The standard InChI is InChI=1S/C18H36N2/c1-15(2)11-19-13-18(8-5-6-16(3)10-18)14-20-9-7-17(4)12-20/h15-17,19H,5-14H2,1-4H3. The molecule has 0 radical (unpaired) electrons. The van der Waals surface area contributed by atoms with Crippen LogP contribution in [-0.2, 0) is 0 Å². The van der Waals surface area contributed by atoms with Gasteiger partial charge in [0.05, 0.1) is 0 Å². The van der Waals surface area contributed by atoms with Crippen molar-refractivity contribution in [1.82, 2.24) is 10.2 Å². The van der Waals surface area contributed by atoms with Crippen LogP contribution in [-0.4, -0.2) is 37.6 Å². The highest BCUT2D eigenvalue weighted by molar-refractivity contribution is 4.91. The quantitative estimate of drug-likeness (QED) is 0.797. The van der Waals surface area contributed by atoms with Gasteiger partial charge < -0.3 is 10.2 Å². The molecule has 0 aromatic heterocycles. The monoisotopic (exact) mass is 280 g/mol. The molecule has 0 aromatic rings. The molecule has 1 aliphatic carbocycles. The number of likely N-dealkylation sites (tertiary alicyclic amines) is 1. The van der Waals surface area contributed by atoms with E-state index in [1.165, 1.54) is 64.8 Å². The van der Waals surface area contributed by atoms with Gasteiger partial charge >= 0.3 is 0 Å². The van der Waals surface area contributed by atoms with E-state index in [0.29, 0.717) is 5.41 Å². The predicted octanol–water partition coefficient (Wildman–Crippen LogP) is 3.77. The van der Waals surface area contributed by atoms with Gasteiger partial charge in [-0.1, -0.05) is 40.5 Å². The van der Waals surface area contributed by atoms with Gasteiger partial charge in [-0.2, -0.15) is 0 Å². The molecule has 3 unspecified atom stereocenters. The summed E-state index contributed by atoms with van der Waals surface area (Å²) in [6.45, 7) is 15.9. The largest absolute Gasteiger partial charge is 0.316 e. The second-order valence-electron chi connectivity index (χ2n) is 8.36. The van der Waals surface area contributed by atoms with Gasteiger partial charge in [-0.25, -0.2) is 0 Å². The smallest absolute Gasteiger partial charge is 0.00504 e. The van der Waals surface area contributed by atoms with Gasteiger partial charge in [0.25, 0.3) is 0 Å². The Balaban J connectivity index is 1.92. The molecule has 0 bridgehead atoms. The molecule has 3 atom stereocenters. The average molecular weight is 280 g/mol. The summed E-state index contributed by atoms with van der Waals surface area (Å²) in [4.78, 5) is 2.75. The zero-order chi connectivity index (χ0) is 14.6. The van der Waals surface area contributed by atoms with Crippen molar-refractivity contribution in [2.75, 3.05) is 32.7 Å². The van der Waals surface area contributed by atoms with Crippen LogP contribution in [0.25, 0.3) is 0 Å². The van der Waals surface area contributed by atoms with Crippen molar-refractivity contribution in [3.63, 3.8) is 0 Å². The van der Waals surface area contributed by atoms with Crippen molar-refractivity contribution in [3.8, 4) is 0 Å². The Hall–Kier alpha value is -0.0800. The summed E-state index contributed by atoms with van der Waals surface area (Å²) >= 11 is 0. The van der Waals surface area contributed by atoms with E-state index < -0.39 is 0 Å². The van der Waals surface area contributed by atoms with E-state index in [-0.39, 0.29) is 0 Å². The van der Waals surface area contributed by atoms with E-state index in [2.05, 4.69) is 37.9 Å². The van der Waals surface area contributed by atoms with Crippen LogP contribution < -0.4 is 5.32 Å². The predicted molar refractivity (Wildman–Crippen MR) is 88.0 cm³/mol. The molecular weight excluding hydrogens is 244 g/mol. The SMILES string of the molecule is CC(C)CNCC1(CN2CCC(C)C2)CCCC(C)C1. The molecule has 0 aromatic carbocycles. The lowest BCUT2D eigenvalue weighted by atomic mass is 9.69. The molecule has 118 valence electrons. The summed E-state index contributed by atoms with van der Waals surface area (Å²) < 4.78 is 0. The Morgan fingerprint density at radius 1 is 1.20 bits per heavy atom. The maximum Gasteiger partial charge on any atom is 0.00504 e. The summed E-state index contributed by atoms with van der Waals surface area (Å²) in [6.07, 6.45) is 7.16. The van der Waals surface area contributed by atoms with E-state index in [1.54, 1.807) is 0 Å². The third kappa shape index (κ3) is 4.73. The zero-order valence-electron chi connectivity index (χ0n) is 14.3. The molecule has 20 heavy (non-hydrogen) atoms. The molecule has 2 aliphatic rings. The summed E-state index contributed by atoms with van der Waals surface area (Å²) in [5, 5.41) is 3.77. The van der Waals surface area contributed by atoms with Crippen LogP contribution in [0, 0.1) is 23.2 Å². The van der Waals surface area contributed by atoms with Crippen molar-refractivity contribution in [3.05, 3.63) is 0 Å². The molecular formula is C18H36N2. The summed E-state index contributed by atoms with van der Waals surface area (Å²) in [5.41, 5.74) is 0.552. The van der Waals surface area contributed by atoms with E-state index >= 15 is 0 Å². The first-order valence-corrected chi connectivity index (χ1v) is 8.92. The minimum atomic E-state index is 0.552. The minimum Gasteiger partial charge on any atom is -0.316 e. The van der Waals surface area contributed by atoms with E-state index in [1.807, 2.05) is 0 Å². The Bertz CT molecular complexity index is 289. The Morgan fingerprint density at radius 2 is 2.00 bits per heavy atom. The van der Waals surface area contributed by atoms with Crippen LogP contribution in [0.4, 0.5) is 0 Å². The second-order valence-corrected chi connectivity index (χ2v) is 8.36. The Labute approximate surface area is 126 Å². The lowest BCUT2D eigenvalue weighted by molar-refractivity contribution is 0.0890. The molecule has 0 spiro atoms. The number of hydrogen-bond donors (Lipinski definition) is 1. The molecule has 2 nitrogen and oxygen atoms in total. The Morgan fingerprint density at radius 3 is 2.60 bits per heavy atom. The second kappa shape index (κ2) is 7.26. The van der Waals surface area contributed by atoms with Gasteiger partial charge in [-0.15, -0.1) is 0 Å². The van der Waals surface area contributed by atoms with Gasteiger partial charge in [0.2, 0.25) is 0 Å². The molecule has 1 aliphatic heterocycles. The van der Waals surface area contributed by atoms with E-state index in [4.69, 9.17) is 0 Å². The van der Waals surface area contributed by atoms with Crippen molar-refractivity contribution >= 4 is 0 Å². The maximum atomic E-state index is 3.77. The molecule has 1 saturated carbocycles.